The number of carboxylic acids is 2. The van der Waals surface area contributed by atoms with Crippen LogP contribution in [0.3, 0.4) is 0 Å². The molecule has 7 nitrogen and oxygen atoms in total. The SMILES string of the molecule is CC(CCC1C(C)(O)CCC2C(C)(COC(=O)CCC(=O)O)CCCC12C)CC(=O)O. The molecule has 2 fully saturated rings. The average Bonchev–Trinajstić information content (AvgIpc) is 2.63. The van der Waals surface area contributed by atoms with E-state index >= 15 is 0 Å². The van der Waals surface area contributed by atoms with Crippen LogP contribution in [0.4, 0.5) is 0 Å². The Balaban J connectivity index is 2.13. The maximum Gasteiger partial charge on any atom is 0.306 e. The number of hydrogen-bond donors (Lipinski definition) is 3. The largest absolute Gasteiger partial charge is 0.481 e. The summed E-state index contributed by atoms with van der Waals surface area (Å²) in [5, 5.41) is 29.1. The van der Waals surface area contributed by atoms with Crippen LogP contribution in [-0.2, 0) is 19.1 Å². The van der Waals surface area contributed by atoms with E-state index in [2.05, 4.69) is 13.8 Å². The highest BCUT2D eigenvalue weighted by Crippen LogP contribution is 2.63. The molecule has 0 aromatic rings. The molecule has 7 heteroatoms. The third-order valence-corrected chi connectivity index (χ3v) is 8.16. The molecular formula is C24H40O7. The average molecular weight is 441 g/mol. The number of aliphatic carboxylic acids is 2. The van der Waals surface area contributed by atoms with Crippen LogP contribution in [0.1, 0.15) is 91.9 Å². The second-order valence-electron chi connectivity index (χ2n) is 10.8. The fourth-order valence-electron chi connectivity index (χ4n) is 6.63. The van der Waals surface area contributed by atoms with Gasteiger partial charge in [-0.25, -0.2) is 0 Å². The molecule has 0 bridgehead atoms. The maximum atomic E-state index is 12.0. The lowest BCUT2D eigenvalue weighted by Gasteiger charge is -2.61. The maximum absolute atomic E-state index is 12.0. The Morgan fingerprint density at radius 1 is 1.03 bits per heavy atom. The number of ether oxygens (including phenoxy) is 1. The molecule has 0 amide bonds. The van der Waals surface area contributed by atoms with Crippen molar-refractivity contribution in [3.05, 3.63) is 0 Å². The van der Waals surface area contributed by atoms with Gasteiger partial charge in [-0.3, -0.25) is 14.4 Å². The van der Waals surface area contributed by atoms with E-state index in [1.54, 1.807) is 0 Å². The van der Waals surface area contributed by atoms with Crippen LogP contribution in [0.5, 0.6) is 0 Å². The zero-order valence-corrected chi connectivity index (χ0v) is 19.5. The fraction of sp³-hybridized carbons (Fsp3) is 0.875. The number of aliphatic hydroxyl groups is 1. The Bertz CT molecular complexity index is 673. The minimum Gasteiger partial charge on any atom is -0.481 e. The summed E-state index contributed by atoms with van der Waals surface area (Å²) >= 11 is 0. The summed E-state index contributed by atoms with van der Waals surface area (Å²) in [7, 11) is 0. The van der Waals surface area contributed by atoms with E-state index in [9.17, 15) is 19.5 Å². The Kier molecular flexibility index (Phi) is 8.17. The summed E-state index contributed by atoms with van der Waals surface area (Å²) in [4.78, 5) is 33.8. The highest BCUT2D eigenvalue weighted by molar-refractivity contribution is 5.76. The molecule has 0 radical (unpaired) electrons. The summed E-state index contributed by atoms with van der Waals surface area (Å²) in [5.74, 6) is -1.89. The summed E-state index contributed by atoms with van der Waals surface area (Å²) in [5.41, 5.74) is -1.14. The first kappa shape index (κ1) is 25.6. The van der Waals surface area contributed by atoms with Crippen LogP contribution < -0.4 is 0 Å². The van der Waals surface area contributed by atoms with Crippen molar-refractivity contribution in [2.75, 3.05) is 6.61 Å². The molecule has 2 saturated carbocycles. The lowest BCUT2D eigenvalue weighted by atomic mass is 9.45. The Labute approximate surface area is 185 Å². The number of carboxylic acid groups (broad SMARTS) is 2. The molecule has 0 aromatic carbocycles. The van der Waals surface area contributed by atoms with Crippen LogP contribution >= 0.6 is 0 Å². The van der Waals surface area contributed by atoms with Crippen LogP contribution in [0.2, 0.25) is 0 Å². The third-order valence-electron chi connectivity index (χ3n) is 8.16. The number of carbonyl (C=O) groups excluding carboxylic acids is 1. The van der Waals surface area contributed by atoms with Gasteiger partial charge in [0.25, 0.3) is 0 Å². The fourth-order valence-corrected chi connectivity index (χ4v) is 6.63. The summed E-state index contributed by atoms with van der Waals surface area (Å²) < 4.78 is 5.53. The molecule has 0 aromatic heterocycles. The smallest absolute Gasteiger partial charge is 0.306 e. The molecule has 2 aliphatic carbocycles. The van der Waals surface area contributed by atoms with Crippen molar-refractivity contribution in [3.63, 3.8) is 0 Å². The highest BCUT2D eigenvalue weighted by Gasteiger charge is 2.59. The number of carbonyl (C=O) groups is 3. The third kappa shape index (κ3) is 6.21. The Morgan fingerprint density at radius 3 is 2.32 bits per heavy atom. The first-order valence-electron chi connectivity index (χ1n) is 11.6. The number of esters is 1. The molecule has 0 spiro atoms. The monoisotopic (exact) mass is 440 g/mol. The van der Waals surface area contributed by atoms with Crippen molar-refractivity contribution in [2.45, 2.75) is 97.5 Å². The summed E-state index contributed by atoms with van der Waals surface area (Å²) in [6.07, 6.45) is 5.77. The predicted molar refractivity (Wildman–Crippen MR) is 115 cm³/mol. The molecule has 178 valence electrons. The summed E-state index contributed by atoms with van der Waals surface area (Å²) in [6.45, 7) is 8.55. The van der Waals surface area contributed by atoms with Gasteiger partial charge in [0.15, 0.2) is 0 Å². The standard InChI is InChI=1S/C24H40O7/c1-16(14-20(27)28)6-7-18-23(3)12-5-11-22(2,17(23)10-13-24(18,4)30)15-31-21(29)9-8-19(25)26/h16-18,30H,5-15H2,1-4H3,(H,25,26)(H,27,28). The van der Waals surface area contributed by atoms with E-state index in [1.165, 1.54) is 0 Å². The first-order chi connectivity index (χ1) is 14.3. The Hall–Kier alpha value is -1.63. The summed E-state index contributed by atoms with van der Waals surface area (Å²) in [6, 6.07) is 0. The van der Waals surface area contributed by atoms with Gasteiger partial charge in [-0.2, -0.15) is 0 Å². The molecule has 0 aliphatic heterocycles. The highest BCUT2D eigenvalue weighted by atomic mass is 16.5. The van der Waals surface area contributed by atoms with Gasteiger partial charge in [0.1, 0.15) is 0 Å². The molecule has 31 heavy (non-hydrogen) atoms. The van der Waals surface area contributed by atoms with E-state index in [0.717, 1.165) is 38.5 Å². The van der Waals surface area contributed by atoms with E-state index in [0.29, 0.717) is 6.42 Å². The quantitative estimate of drug-likeness (QED) is 0.434. The molecule has 3 N–H and O–H groups in total. The van der Waals surface area contributed by atoms with Gasteiger partial charge >= 0.3 is 17.9 Å². The lowest BCUT2D eigenvalue weighted by molar-refractivity contribution is -0.188. The zero-order valence-electron chi connectivity index (χ0n) is 19.5. The van der Waals surface area contributed by atoms with Crippen LogP contribution in [0.25, 0.3) is 0 Å². The lowest BCUT2D eigenvalue weighted by Crippen LogP contribution is -2.59. The van der Waals surface area contributed by atoms with Gasteiger partial charge in [0, 0.05) is 11.8 Å². The molecule has 6 unspecified atom stereocenters. The van der Waals surface area contributed by atoms with Crippen molar-refractivity contribution < 1.29 is 34.4 Å². The predicted octanol–water partition coefficient (Wildman–Crippen LogP) is 4.26. The minimum atomic E-state index is -1.01. The van der Waals surface area contributed by atoms with Gasteiger partial charge in [-0.1, -0.05) is 27.2 Å². The minimum absolute atomic E-state index is 0.0531. The number of hydrogen-bond acceptors (Lipinski definition) is 5. The number of rotatable bonds is 10. The van der Waals surface area contributed by atoms with E-state index < -0.39 is 23.5 Å². The van der Waals surface area contributed by atoms with Crippen molar-refractivity contribution in [3.8, 4) is 0 Å². The number of fused-ring (bicyclic) bond motifs is 1. The van der Waals surface area contributed by atoms with Crippen LogP contribution in [-0.4, -0.2) is 45.4 Å². The van der Waals surface area contributed by atoms with Gasteiger partial charge in [-0.05, 0) is 68.6 Å². The molecule has 2 aliphatic rings. The van der Waals surface area contributed by atoms with Gasteiger partial charge in [0.2, 0.25) is 0 Å². The molecule has 0 heterocycles. The van der Waals surface area contributed by atoms with Gasteiger partial charge in [0.05, 0.1) is 25.0 Å². The van der Waals surface area contributed by atoms with Gasteiger partial charge < -0.3 is 20.1 Å². The Morgan fingerprint density at radius 2 is 1.71 bits per heavy atom. The van der Waals surface area contributed by atoms with Crippen LogP contribution in [0, 0.1) is 28.6 Å². The first-order valence-corrected chi connectivity index (χ1v) is 11.6. The molecule has 2 rings (SSSR count). The normalized spacial score (nSPS) is 36.3. The van der Waals surface area contributed by atoms with Crippen molar-refractivity contribution in [1.29, 1.82) is 0 Å². The zero-order chi connectivity index (χ0) is 23.4. The molecule has 6 atom stereocenters. The molecular weight excluding hydrogens is 400 g/mol. The second kappa shape index (κ2) is 9.88. The second-order valence-corrected chi connectivity index (χ2v) is 10.8. The van der Waals surface area contributed by atoms with Crippen LogP contribution in [0.15, 0.2) is 0 Å². The topological polar surface area (TPSA) is 121 Å². The molecule has 0 saturated heterocycles. The van der Waals surface area contributed by atoms with Gasteiger partial charge in [-0.15, -0.1) is 0 Å². The van der Waals surface area contributed by atoms with Crippen molar-refractivity contribution in [2.24, 2.45) is 28.6 Å². The van der Waals surface area contributed by atoms with E-state index in [4.69, 9.17) is 14.9 Å². The van der Waals surface area contributed by atoms with Crippen molar-refractivity contribution in [1.82, 2.24) is 0 Å². The van der Waals surface area contributed by atoms with E-state index in [1.807, 2.05) is 13.8 Å². The van der Waals surface area contributed by atoms with E-state index in [-0.39, 0.29) is 54.5 Å². The van der Waals surface area contributed by atoms with Crippen molar-refractivity contribution >= 4 is 17.9 Å².